The lowest BCUT2D eigenvalue weighted by atomic mass is 9.97. The van der Waals surface area contributed by atoms with Crippen molar-refractivity contribution in [1.29, 1.82) is 0 Å². The second-order valence-corrected chi connectivity index (χ2v) is 7.62. The van der Waals surface area contributed by atoms with Crippen LogP contribution in [0.5, 0.6) is 0 Å². The molecule has 1 heterocycles. The van der Waals surface area contributed by atoms with Crippen molar-refractivity contribution < 1.29 is 9.53 Å². The van der Waals surface area contributed by atoms with Crippen LogP contribution >= 0.6 is 0 Å². The molecule has 9 nitrogen and oxygen atoms in total. The molecule has 9 heteroatoms. The van der Waals surface area contributed by atoms with Crippen molar-refractivity contribution in [2.24, 2.45) is 0 Å². The van der Waals surface area contributed by atoms with Crippen molar-refractivity contribution in [2.45, 2.75) is 32.7 Å². The van der Waals surface area contributed by atoms with E-state index >= 15 is 0 Å². The number of rotatable bonds is 6. The third-order valence-corrected chi connectivity index (χ3v) is 5.67. The molecule has 4 N–H and O–H groups in total. The maximum Gasteiger partial charge on any atom is 0.307 e. The predicted octanol–water partition coefficient (Wildman–Crippen LogP) is 1.16. The maximum absolute atomic E-state index is 13.1. The first-order chi connectivity index (χ1) is 15.3. The molecule has 4 rings (SSSR count). The Morgan fingerprint density at radius 2 is 1.38 bits per heavy atom. The van der Waals surface area contributed by atoms with Crippen LogP contribution in [-0.2, 0) is 16.1 Å². The van der Waals surface area contributed by atoms with Gasteiger partial charge in [-0.15, -0.1) is 0 Å². The molecule has 0 amide bonds. The summed E-state index contributed by atoms with van der Waals surface area (Å²) in [6.07, 6.45) is 1.37. The molecule has 164 valence electrons. The number of nitrogens with zero attached hydrogens (tertiary/aromatic N) is 1. The van der Waals surface area contributed by atoms with E-state index in [0.717, 1.165) is 11.0 Å². The lowest BCUT2D eigenvalue weighted by Gasteiger charge is -2.07. The number of esters is 1. The Morgan fingerprint density at radius 3 is 1.84 bits per heavy atom. The Morgan fingerprint density at radius 1 is 0.875 bits per heavy atom. The fourth-order valence-corrected chi connectivity index (χ4v) is 4.02. The Kier molecular flexibility index (Phi) is 5.25. The van der Waals surface area contributed by atoms with E-state index in [4.69, 9.17) is 16.2 Å². The van der Waals surface area contributed by atoms with Crippen LogP contribution in [0.4, 0.5) is 11.4 Å². The van der Waals surface area contributed by atoms with Gasteiger partial charge in [-0.25, -0.2) is 0 Å². The summed E-state index contributed by atoms with van der Waals surface area (Å²) in [6, 6.07) is 6.20. The van der Waals surface area contributed by atoms with Crippen LogP contribution in [0.2, 0.25) is 0 Å². The van der Waals surface area contributed by atoms with E-state index in [-0.39, 0.29) is 63.3 Å². The van der Waals surface area contributed by atoms with Crippen molar-refractivity contribution in [2.75, 3.05) is 18.1 Å². The smallest absolute Gasteiger partial charge is 0.307 e. The molecule has 0 saturated carbocycles. The molecule has 4 aromatic rings. The van der Waals surface area contributed by atoms with Crippen molar-refractivity contribution in [3.05, 3.63) is 65.4 Å². The topological polar surface area (TPSA) is 152 Å². The van der Waals surface area contributed by atoms with Crippen molar-refractivity contribution in [3.63, 3.8) is 0 Å². The van der Waals surface area contributed by atoms with Crippen molar-refractivity contribution in [3.8, 4) is 0 Å². The molecule has 0 aliphatic rings. The van der Waals surface area contributed by atoms with Gasteiger partial charge in [0.2, 0.25) is 0 Å². The average molecular weight is 435 g/mol. The first-order valence-electron chi connectivity index (χ1n) is 10.2. The number of nitrogen functional groups attached to an aromatic ring is 2. The van der Waals surface area contributed by atoms with Gasteiger partial charge in [0.05, 0.1) is 45.9 Å². The number of anilines is 2. The summed E-state index contributed by atoms with van der Waals surface area (Å²) in [4.78, 5) is 64.0. The summed E-state index contributed by atoms with van der Waals surface area (Å²) in [7, 11) is 0. The Hall–Kier alpha value is -4.01. The van der Waals surface area contributed by atoms with Crippen LogP contribution in [0.25, 0.3) is 32.3 Å². The van der Waals surface area contributed by atoms with Gasteiger partial charge in [0.1, 0.15) is 0 Å². The molecule has 0 spiro atoms. The summed E-state index contributed by atoms with van der Waals surface area (Å²) in [5.74, 6) is -0.545. The summed E-state index contributed by atoms with van der Waals surface area (Å²) in [6.45, 7) is 1.98. The zero-order valence-corrected chi connectivity index (χ0v) is 17.4. The summed E-state index contributed by atoms with van der Waals surface area (Å²) in [5.41, 5.74) is 9.20. The fourth-order valence-electron chi connectivity index (χ4n) is 4.02. The van der Waals surface area contributed by atoms with Gasteiger partial charge in [-0.3, -0.25) is 28.5 Å². The highest BCUT2D eigenvalue weighted by atomic mass is 16.5. The largest absolute Gasteiger partial charge is 0.466 e. The van der Waals surface area contributed by atoms with Gasteiger partial charge in [-0.2, -0.15) is 0 Å². The number of fused-ring (bicyclic) bond motifs is 3. The zero-order valence-electron chi connectivity index (χ0n) is 17.4. The van der Waals surface area contributed by atoms with E-state index in [9.17, 15) is 24.0 Å². The second kappa shape index (κ2) is 7.92. The molecule has 0 aliphatic heterocycles. The highest BCUT2D eigenvalue weighted by Gasteiger charge is 2.25. The molecule has 1 aromatic heterocycles. The molecule has 0 aliphatic carbocycles. The van der Waals surface area contributed by atoms with Crippen LogP contribution in [0.15, 0.2) is 43.4 Å². The molecular formula is C23H21N3O6. The zero-order chi connectivity index (χ0) is 23.2. The van der Waals surface area contributed by atoms with Gasteiger partial charge in [0.25, 0.3) is 11.1 Å². The van der Waals surface area contributed by atoms with E-state index in [1.165, 1.54) is 12.1 Å². The third kappa shape index (κ3) is 3.05. The van der Waals surface area contributed by atoms with E-state index in [0.29, 0.717) is 6.42 Å². The van der Waals surface area contributed by atoms with E-state index in [1.807, 2.05) is 6.92 Å². The molecule has 0 unspecified atom stereocenters. The Labute approximate surface area is 180 Å². The Bertz CT molecular complexity index is 1500. The molecular weight excluding hydrogens is 414 g/mol. The van der Waals surface area contributed by atoms with E-state index in [1.54, 1.807) is 12.1 Å². The fraction of sp³-hybridized carbons (Fsp3) is 0.261. The SMILES string of the molecule is CCCCOC(=O)CCn1c(=O)c2c(N)c3c(=O)c4ccccc4c(=O)c3c(N)c2c1=O. The van der Waals surface area contributed by atoms with Crippen molar-refractivity contribution in [1.82, 2.24) is 4.57 Å². The molecule has 0 atom stereocenters. The normalized spacial score (nSPS) is 11.5. The Balaban J connectivity index is 1.96. The minimum Gasteiger partial charge on any atom is -0.466 e. The second-order valence-electron chi connectivity index (χ2n) is 7.62. The standard InChI is InChI=1S/C23H21N3O6/c1-2-3-10-32-13(27)8-9-26-22(30)16-17(23(26)31)19(25)15-14(18(16)24)20(28)11-6-4-5-7-12(11)21(15)29/h4-7H,2-3,8-10,24-25H2,1H3. The van der Waals surface area contributed by atoms with Gasteiger partial charge in [0, 0.05) is 17.3 Å². The highest BCUT2D eigenvalue weighted by Crippen LogP contribution is 2.31. The minimum atomic E-state index is -0.766. The van der Waals surface area contributed by atoms with Gasteiger partial charge >= 0.3 is 5.97 Å². The molecule has 0 radical (unpaired) electrons. The van der Waals surface area contributed by atoms with Crippen LogP contribution in [0.3, 0.4) is 0 Å². The van der Waals surface area contributed by atoms with Gasteiger partial charge in [0.15, 0.2) is 10.9 Å². The van der Waals surface area contributed by atoms with Crippen LogP contribution in [-0.4, -0.2) is 17.1 Å². The third-order valence-electron chi connectivity index (χ3n) is 5.67. The molecule has 0 fully saturated rings. The first kappa shape index (κ1) is 21.2. The maximum atomic E-state index is 13.1. The summed E-state index contributed by atoms with van der Waals surface area (Å²) >= 11 is 0. The monoisotopic (exact) mass is 435 g/mol. The number of aromatic nitrogens is 1. The minimum absolute atomic E-state index is 0.152. The number of hydrogen-bond donors (Lipinski definition) is 2. The average Bonchev–Trinajstić information content (AvgIpc) is 3.03. The number of benzene rings is 3. The van der Waals surface area contributed by atoms with Crippen molar-refractivity contribution >= 4 is 49.7 Å². The molecule has 0 saturated heterocycles. The predicted molar refractivity (Wildman–Crippen MR) is 124 cm³/mol. The van der Waals surface area contributed by atoms with Crippen LogP contribution in [0, 0.1) is 0 Å². The van der Waals surface area contributed by atoms with Gasteiger partial charge in [-0.05, 0) is 6.42 Å². The quantitative estimate of drug-likeness (QED) is 0.150. The number of nitrogens with two attached hydrogens (primary N) is 2. The summed E-state index contributed by atoms with van der Waals surface area (Å²) in [5, 5.41) is -0.477. The molecule has 3 aromatic carbocycles. The van der Waals surface area contributed by atoms with Gasteiger partial charge in [-0.1, -0.05) is 37.6 Å². The van der Waals surface area contributed by atoms with Crippen LogP contribution < -0.4 is 33.4 Å². The number of carbonyl (C=O) groups is 1. The van der Waals surface area contributed by atoms with Gasteiger partial charge < -0.3 is 16.2 Å². The molecule has 0 bridgehead atoms. The lowest BCUT2D eigenvalue weighted by molar-refractivity contribution is -0.144. The van der Waals surface area contributed by atoms with E-state index in [2.05, 4.69) is 0 Å². The first-order valence-corrected chi connectivity index (χ1v) is 10.2. The number of hydrogen-bond acceptors (Lipinski definition) is 8. The highest BCUT2D eigenvalue weighted by molar-refractivity contribution is 6.20. The lowest BCUT2D eigenvalue weighted by Crippen LogP contribution is -2.27. The number of unbranched alkanes of at least 4 members (excludes halogenated alkanes) is 1. The van der Waals surface area contributed by atoms with E-state index < -0.39 is 27.9 Å². The van der Waals surface area contributed by atoms with Crippen LogP contribution in [0.1, 0.15) is 26.2 Å². The summed E-state index contributed by atoms with van der Waals surface area (Å²) < 4.78 is 5.89. The number of carbonyl (C=O) groups excluding carboxylic acids is 1. The molecule has 32 heavy (non-hydrogen) atoms. The number of ether oxygens (including phenoxy) is 1.